The third-order valence-electron chi connectivity index (χ3n) is 4.23. The number of carbonyl (C=O) groups excluding carboxylic acids is 3. The highest BCUT2D eigenvalue weighted by atomic mass is 16.6. The first kappa shape index (κ1) is 21.3. The second-order valence-corrected chi connectivity index (χ2v) is 7.71. The number of piperidine rings is 1. The number of carbonyl (C=O) groups is 3. The van der Waals surface area contributed by atoms with Crippen LogP contribution in [0.2, 0.25) is 0 Å². The van der Waals surface area contributed by atoms with Crippen LogP contribution in [0.5, 0.6) is 0 Å². The fourth-order valence-electron chi connectivity index (χ4n) is 2.79. The number of hydrogen-bond acceptors (Lipinski definition) is 7. The quantitative estimate of drug-likeness (QED) is 0.439. The number of nitro groups is 1. The van der Waals surface area contributed by atoms with Gasteiger partial charge in [0.15, 0.2) is 0 Å². The molecule has 1 aliphatic heterocycles. The molecule has 0 saturated carbocycles. The third-order valence-corrected chi connectivity index (χ3v) is 4.23. The minimum absolute atomic E-state index is 0.0832. The minimum atomic E-state index is -1.03. The van der Waals surface area contributed by atoms with E-state index < -0.39 is 40.5 Å². The minimum Gasteiger partial charge on any atom is -0.458 e. The Bertz CT molecular complexity index is 767. The molecule has 0 unspecified atom stereocenters. The molecule has 28 heavy (non-hydrogen) atoms. The molecule has 1 aromatic carbocycles. The molecule has 2 atom stereocenters. The van der Waals surface area contributed by atoms with Crippen LogP contribution < -0.4 is 0 Å². The average Bonchev–Trinajstić information content (AvgIpc) is 2.60. The molecule has 1 fully saturated rings. The summed E-state index contributed by atoms with van der Waals surface area (Å²) in [5, 5.41) is 10.7. The van der Waals surface area contributed by atoms with E-state index in [1.54, 1.807) is 27.7 Å². The Kier molecular flexibility index (Phi) is 6.37. The van der Waals surface area contributed by atoms with Gasteiger partial charge in [-0.1, -0.05) is 6.92 Å². The van der Waals surface area contributed by atoms with Gasteiger partial charge in [0.1, 0.15) is 18.2 Å². The monoisotopic (exact) mass is 392 g/mol. The molecule has 9 heteroatoms. The third kappa shape index (κ3) is 5.28. The number of nitrogens with zero attached hydrogens (tertiary/aromatic N) is 2. The van der Waals surface area contributed by atoms with Crippen LogP contribution >= 0.6 is 0 Å². The van der Waals surface area contributed by atoms with Crippen LogP contribution in [0.15, 0.2) is 24.3 Å². The van der Waals surface area contributed by atoms with E-state index in [1.165, 1.54) is 24.3 Å². The molecule has 0 aliphatic carbocycles. The first-order valence-corrected chi connectivity index (χ1v) is 8.95. The first-order valence-electron chi connectivity index (χ1n) is 8.95. The molecule has 0 bridgehead atoms. The summed E-state index contributed by atoms with van der Waals surface area (Å²) in [4.78, 5) is 48.5. The van der Waals surface area contributed by atoms with Gasteiger partial charge in [-0.15, -0.1) is 0 Å². The number of amides is 2. The molecule has 0 N–H and O–H groups in total. The van der Waals surface area contributed by atoms with E-state index in [0.717, 1.165) is 4.90 Å². The van der Waals surface area contributed by atoms with Crippen molar-refractivity contribution in [2.45, 2.75) is 58.8 Å². The predicted molar refractivity (Wildman–Crippen MR) is 98.2 cm³/mol. The van der Waals surface area contributed by atoms with Crippen molar-refractivity contribution in [1.29, 1.82) is 0 Å². The average molecular weight is 392 g/mol. The number of imide groups is 1. The lowest BCUT2D eigenvalue weighted by Gasteiger charge is -2.35. The van der Waals surface area contributed by atoms with Crippen molar-refractivity contribution in [3.63, 3.8) is 0 Å². The second kappa shape index (κ2) is 8.37. The molecular formula is C19H24N2O7. The SMILES string of the molecule is C[C@@H]1CC[C@@H](C(=O)OC(C)(C)C)N(C(=O)OCc2ccc([N+](=O)[O-])cc2)C1=O. The number of esters is 1. The van der Waals surface area contributed by atoms with Gasteiger partial charge in [0.2, 0.25) is 5.91 Å². The van der Waals surface area contributed by atoms with Crippen molar-refractivity contribution in [2.24, 2.45) is 5.92 Å². The Morgan fingerprint density at radius 2 is 1.82 bits per heavy atom. The van der Waals surface area contributed by atoms with E-state index >= 15 is 0 Å². The van der Waals surface area contributed by atoms with Crippen LogP contribution in [0, 0.1) is 16.0 Å². The molecular weight excluding hydrogens is 368 g/mol. The van der Waals surface area contributed by atoms with Crippen molar-refractivity contribution < 1.29 is 28.8 Å². The maximum absolute atomic E-state index is 12.5. The highest BCUT2D eigenvalue weighted by Gasteiger charge is 2.43. The van der Waals surface area contributed by atoms with Gasteiger partial charge >= 0.3 is 12.1 Å². The molecule has 0 radical (unpaired) electrons. The molecule has 2 rings (SSSR count). The van der Waals surface area contributed by atoms with E-state index in [4.69, 9.17) is 9.47 Å². The normalized spacial score (nSPS) is 19.9. The smallest absolute Gasteiger partial charge is 0.417 e. The van der Waals surface area contributed by atoms with Gasteiger partial charge in [0.05, 0.1) is 4.92 Å². The first-order chi connectivity index (χ1) is 13.0. The van der Waals surface area contributed by atoms with E-state index in [0.29, 0.717) is 18.4 Å². The molecule has 152 valence electrons. The Hall–Kier alpha value is -2.97. The summed E-state index contributed by atoms with van der Waals surface area (Å²) in [6.45, 7) is 6.61. The number of hydrogen-bond donors (Lipinski definition) is 0. The van der Waals surface area contributed by atoms with Gasteiger partial charge in [-0.3, -0.25) is 14.9 Å². The number of benzene rings is 1. The molecule has 0 spiro atoms. The van der Waals surface area contributed by atoms with Crippen LogP contribution in [0.3, 0.4) is 0 Å². The lowest BCUT2D eigenvalue weighted by Crippen LogP contribution is -2.55. The van der Waals surface area contributed by atoms with Gasteiger partial charge < -0.3 is 9.47 Å². The number of non-ortho nitro benzene ring substituents is 1. The van der Waals surface area contributed by atoms with Crippen LogP contribution in [-0.4, -0.2) is 39.4 Å². The van der Waals surface area contributed by atoms with E-state index in [-0.39, 0.29) is 12.3 Å². The zero-order valence-electron chi connectivity index (χ0n) is 16.3. The Balaban J connectivity index is 2.10. The van der Waals surface area contributed by atoms with Gasteiger partial charge in [0, 0.05) is 18.1 Å². The van der Waals surface area contributed by atoms with Crippen molar-refractivity contribution in [3.8, 4) is 0 Å². The number of ether oxygens (including phenoxy) is 2. The summed E-state index contributed by atoms with van der Waals surface area (Å²) in [6, 6.07) is 4.46. The Morgan fingerprint density at radius 3 is 2.36 bits per heavy atom. The predicted octanol–water partition coefficient (Wildman–Crippen LogP) is 3.20. The summed E-state index contributed by atoms with van der Waals surface area (Å²) < 4.78 is 10.5. The fraction of sp³-hybridized carbons (Fsp3) is 0.526. The molecule has 9 nitrogen and oxygen atoms in total. The molecule has 2 amide bonds. The summed E-state index contributed by atoms with van der Waals surface area (Å²) in [5.74, 6) is -1.55. The molecule has 0 aromatic heterocycles. The van der Waals surface area contributed by atoms with Crippen LogP contribution in [-0.2, 0) is 25.7 Å². The zero-order valence-corrected chi connectivity index (χ0v) is 16.3. The maximum Gasteiger partial charge on any atom is 0.417 e. The van der Waals surface area contributed by atoms with Crippen molar-refractivity contribution in [1.82, 2.24) is 4.90 Å². The van der Waals surface area contributed by atoms with Crippen LogP contribution in [0.4, 0.5) is 10.5 Å². The summed E-state index contributed by atoms with van der Waals surface area (Å²) >= 11 is 0. The zero-order chi connectivity index (χ0) is 21.1. The van der Waals surface area contributed by atoms with Gasteiger partial charge in [-0.05, 0) is 51.3 Å². The summed E-state index contributed by atoms with van der Waals surface area (Å²) in [7, 11) is 0. The summed E-state index contributed by atoms with van der Waals surface area (Å²) in [5.41, 5.74) is -0.317. The largest absolute Gasteiger partial charge is 0.458 e. The molecule has 1 heterocycles. The number of rotatable bonds is 4. The molecule has 1 aromatic rings. The standard InChI is InChI=1S/C19H24N2O7/c1-12-5-10-15(17(23)28-19(2,3)4)20(16(12)22)18(24)27-11-13-6-8-14(9-7-13)21(25)26/h6-9,12,15H,5,10-11H2,1-4H3/t12-,15+/m1/s1. The Morgan fingerprint density at radius 1 is 1.21 bits per heavy atom. The molecule has 1 saturated heterocycles. The van der Waals surface area contributed by atoms with Crippen molar-refractivity contribution in [2.75, 3.05) is 0 Å². The van der Waals surface area contributed by atoms with Crippen LogP contribution in [0.25, 0.3) is 0 Å². The van der Waals surface area contributed by atoms with E-state index in [1.807, 2.05) is 0 Å². The topological polar surface area (TPSA) is 116 Å². The van der Waals surface area contributed by atoms with E-state index in [9.17, 15) is 24.5 Å². The lowest BCUT2D eigenvalue weighted by atomic mass is 9.93. The highest BCUT2D eigenvalue weighted by molar-refractivity contribution is 5.98. The number of likely N-dealkylation sites (tertiary alicyclic amines) is 1. The highest BCUT2D eigenvalue weighted by Crippen LogP contribution is 2.26. The molecule has 1 aliphatic rings. The second-order valence-electron chi connectivity index (χ2n) is 7.71. The lowest BCUT2D eigenvalue weighted by molar-refractivity contribution is -0.384. The number of nitro benzene ring substituents is 1. The van der Waals surface area contributed by atoms with Gasteiger partial charge in [-0.2, -0.15) is 0 Å². The van der Waals surface area contributed by atoms with Crippen LogP contribution in [0.1, 0.15) is 46.1 Å². The maximum atomic E-state index is 12.5. The Labute approximate surface area is 162 Å². The van der Waals surface area contributed by atoms with Gasteiger partial charge in [0.25, 0.3) is 5.69 Å². The van der Waals surface area contributed by atoms with E-state index in [2.05, 4.69) is 0 Å². The van der Waals surface area contributed by atoms with Gasteiger partial charge in [-0.25, -0.2) is 14.5 Å². The summed E-state index contributed by atoms with van der Waals surface area (Å²) in [6.07, 6.45) is -0.172. The van der Waals surface area contributed by atoms with Crippen molar-refractivity contribution in [3.05, 3.63) is 39.9 Å². The fourth-order valence-corrected chi connectivity index (χ4v) is 2.79. The van der Waals surface area contributed by atoms with Crippen molar-refractivity contribution >= 4 is 23.7 Å².